The fourth-order valence-corrected chi connectivity index (χ4v) is 4.24. The normalized spacial score (nSPS) is 25.9. The molecule has 0 unspecified atom stereocenters. The van der Waals surface area contributed by atoms with Gasteiger partial charge in [0, 0.05) is 30.8 Å². The molecule has 9 nitrogen and oxygen atoms in total. The molecule has 1 N–H and O–H groups in total. The smallest absolute Gasteiger partial charge is 0.249 e. The summed E-state index contributed by atoms with van der Waals surface area (Å²) in [6.45, 7) is 1.17. The third-order valence-electron chi connectivity index (χ3n) is 5.79. The van der Waals surface area contributed by atoms with Crippen molar-refractivity contribution >= 4 is 29.3 Å². The lowest BCUT2D eigenvalue weighted by Gasteiger charge is -2.29. The Kier molecular flexibility index (Phi) is 4.18. The molecule has 3 aliphatic heterocycles. The summed E-state index contributed by atoms with van der Waals surface area (Å²) in [7, 11) is 0. The van der Waals surface area contributed by atoms with Gasteiger partial charge in [-0.2, -0.15) is 0 Å². The molecule has 1 aliphatic carbocycles. The van der Waals surface area contributed by atoms with Crippen LogP contribution in [0, 0.1) is 5.92 Å². The van der Waals surface area contributed by atoms with E-state index in [9.17, 15) is 19.2 Å². The first-order chi connectivity index (χ1) is 14.0. The van der Waals surface area contributed by atoms with E-state index in [1.807, 2.05) is 0 Å². The number of hydrogen-bond donors (Lipinski definition) is 1. The molecule has 1 aromatic rings. The molecule has 2 atom stereocenters. The number of fused-ring (bicyclic) bond motifs is 1. The number of carbonyl (C=O) groups excluding carboxylic acids is 4. The first kappa shape index (κ1) is 18.0. The fourth-order valence-electron chi connectivity index (χ4n) is 4.24. The van der Waals surface area contributed by atoms with E-state index in [2.05, 4.69) is 5.32 Å². The van der Waals surface area contributed by atoms with Crippen molar-refractivity contribution in [2.45, 2.75) is 37.8 Å². The summed E-state index contributed by atoms with van der Waals surface area (Å²) in [4.78, 5) is 52.8. The van der Waals surface area contributed by atoms with E-state index in [0.717, 1.165) is 12.8 Å². The van der Waals surface area contributed by atoms with Crippen molar-refractivity contribution in [1.29, 1.82) is 0 Å². The first-order valence-corrected chi connectivity index (χ1v) is 9.87. The van der Waals surface area contributed by atoms with Gasteiger partial charge in [0.2, 0.25) is 23.6 Å². The minimum absolute atomic E-state index is 0.00633. The predicted molar refractivity (Wildman–Crippen MR) is 99.3 cm³/mol. The van der Waals surface area contributed by atoms with Crippen molar-refractivity contribution in [2.75, 3.05) is 24.7 Å². The van der Waals surface area contributed by atoms with Gasteiger partial charge >= 0.3 is 0 Å². The third-order valence-corrected chi connectivity index (χ3v) is 5.79. The molecule has 1 aromatic carbocycles. The van der Waals surface area contributed by atoms with E-state index in [4.69, 9.17) is 9.47 Å². The minimum Gasteiger partial charge on any atom is -0.486 e. The molecule has 4 amide bonds. The molecule has 5 rings (SSSR count). The van der Waals surface area contributed by atoms with Gasteiger partial charge in [0.15, 0.2) is 11.5 Å². The number of carbonyl (C=O) groups is 4. The average molecular weight is 399 g/mol. The maximum atomic E-state index is 13.2. The molecule has 1 saturated carbocycles. The molecule has 29 heavy (non-hydrogen) atoms. The number of hydrogen-bond acceptors (Lipinski definition) is 6. The molecule has 0 spiro atoms. The van der Waals surface area contributed by atoms with Crippen LogP contribution in [-0.4, -0.2) is 60.4 Å². The first-order valence-electron chi connectivity index (χ1n) is 9.87. The summed E-state index contributed by atoms with van der Waals surface area (Å²) in [6.07, 6.45) is 1.71. The Morgan fingerprint density at radius 3 is 2.52 bits per heavy atom. The van der Waals surface area contributed by atoms with Crippen LogP contribution in [0.3, 0.4) is 0 Å². The summed E-state index contributed by atoms with van der Waals surface area (Å²) in [5.41, 5.74) is 0.654. The molecule has 0 aromatic heterocycles. The van der Waals surface area contributed by atoms with Crippen LogP contribution < -0.4 is 19.7 Å². The van der Waals surface area contributed by atoms with Gasteiger partial charge in [-0.1, -0.05) is 0 Å². The maximum Gasteiger partial charge on any atom is 0.249 e. The van der Waals surface area contributed by atoms with Gasteiger partial charge < -0.3 is 19.3 Å². The third kappa shape index (κ3) is 3.20. The quantitative estimate of drug-likeness (QED) is 0.726. The highest BCUT2D eigenvalue weighted by atomic mass is 16.6. The standard InChI is InChI=1S/C20H21N3O6/c24-17-9-14(19(26)21-17)23(12-1-2-12)20(27)11-7-18(25)22(10-11)13-3-4-15-16(8-13)29-6-5-28-15/h3-4,8,11-12,14H,1-2,5-7,9-10H2,(H,21,24,26)/t11-,14+/m0/s1. The van der Waals surface area contributed by atoms with Gasteiger partial charge in [-0.15, -0.1) is 0 Å². The van der Waals surface area contributed by atoms with Crippen LogP contribution in [0.1, 0.15) is 25.7 Å². The van der Waals surface area contributed by atoms with Crippen LogP contribution >= 0.6 is 0 Å². The molecule has 2 saturated heterocycles. The van der Waals surface area contributed by atoms with E-state index >= 15 is 0 Å². The Labute approximate surface area is 166 Å². The zero-order valence-corrected chi connectivity index (χ0v) is 15.8. The monoisotopic (exact) mass is 399 g/mol. The topological polar surface area (TPSA) is 105 Å². The molecule has 9 heteroatoms. The number of nitrogens with one attached hydrogen (secondary N) is 1. The van der Waals surface area contributed by atoms with E-state index in [0.29, 0.717) is 30.4 Å². The van der Waals surface area contributed by atoms with E-state index in [1.54, 1.807) is 28.0 Å². The van der Waals surface area contributed by atoms with Crippen molar-refractivity contribution in [3.63, 3.8) is 0 Å². The van der Waals surface area contributed by atoms with E-state index in [1.165, 1.54) is 0 Å². The molecular formula is C20H21N3O6. The summed E-state index contributed by atoms with van der Waals surface area (Å²) in [6, 6.07) is 4.50. The Balaban J connectivity index is 1.35. The Morgan fingerprint density at radius 2 is 1.83 bits per heavy atom. The highest BCUT2D eigenvalue weighted by Gasteiger charge is 2.48. The van der Waals surface area contributed by atoms with Gasteiger partial charge in [-0.25, -0.2) is 0 Å². The number of amides is 4. The Hall–Kier alpha value is -3.10. The van der Waals surface area contributed by atoms with Crippen LogP contribution in [0.4, 0.5) is 5.69 Å². The highest BCUT2D eigenvalue weighted by Crippen LogP contribution is 2.38. The second-order valence-corrected chi connectivity index (χ2v) is 7.84. The predicted octanol–water partition coefficient (Wildman–Crippen LogP) is 0.217. The summed E-state index contributed by atoms with van der Waals surface area (Å²) < 4.78 is 11.1. The molecule has 3 heterocycles. The van der Waals surface area contributed by atoms with Crippen LogP contribution in [0.25, 0.3) is 0 Å². The summed E-state index contributed by atoms with van der Waals surface area (Å²) >= 11 is 0. The average Bonchev–Trinajstić information content (AvgIpc) is 3.38. The number of ether oxygens (including phenoxy) is 2. The van der Waals surface area contributed by atoms with Crippen molar-refractivity contribution in [1.82, 2.24) is 10.2 Å². The van der Waals surface area contributed by atoms with E-state index in [-0.39, 0.29) is 43.1 Å². The Morgan fingerprint density at radius 1 is 1.07 bits per heavy atom. The molecule has 0 bridgehead atoms. The van der Waals surface area contributed by atoms with Gasteiger partial charge in [0.1, 0.15) is 19.3 Å². The molecule has 0 radical (unpaired) electrons. The van der Waals surface area contributed by atoms with Crippen LogP contribution in [0.15, 0.2) is 18.2 Å². The number of nitrogens with zero attached hydrogens (tertiary/aromatic N) is 2. The summed E-state index contributed by atoms with van der Waals surface area (Å²) in [5, 5.41) is 2.27. The van der Waals surface area contributed by atoms with Crippen LogP contribution in [0.2, 0.25) is 0 Å². The van der Waals surface area contributed by atoms with E-state index < -0.39 is 17.9 Å². The lowest BCUT2D eigenvalue weighted by molar-refractivity contribution is -0.142. The second kappa shape index (κ2) is 6.75. The van der Waals surface area contributed by atoms with Gasteiger partial charge in [-0.3, -0.25) is 24.5 Å². The number of anilines is 1. The maximum absolute atomic E-state index is 13.2. The zero-order valence-electron chi connectivity index (χ0n) is 15.8. The zero-order chi connectivity index (χ0) is 20.1. The van der Waals surface area contributed by atoms with Crippen molar-refractivity contribution < 1.29 is 28.7 Å². The second-order valence-electron chi connectivity index (χ2n) is 7.84. The Bertz CT molecular complexity index is 911. The van der Waals surface area contributed by atoms with Gasteiger partial charge in [-0.05, 0) is 25.0 Å². The van der Waals surface area contributed by atoms with Gasteiger partial charge in [0.05, 0.1) is 12.3 Å². The molecule has 152 valence electrons. The number of rotatable bonds is 4. The van der Waals surface area contributed by atoms with Gasteiger partial charge in [0.25, 0.3) is 0 Å². The molecular weight excluding hydrogens is 378 g/mol. The number of imide groups is 1. The number of benzene rings is 1. The van der Waals surface area contributed by atoms with Crippen molar-refractivity contribution in [2.24, 2.45) is 5.92 Å². The molecule has 4 aliphatic rings. The fraction of sp³-hybridized carbons (Fsp3) is 0.500. The lowest BCUT2D eigenvalue weighted by Crippen LogP contribution is -2.48. The highest BCUT2D eigenvalue weighted by molar-refractivity contribution is 6.07. The van der Waals surface area contributed by atoms with Crippen molar-refractivity contribution in [3.05, 3.63) is 18.2 Å². The minimum atomic E-state index is -0.763. The lowest BCUT2D eigenvalue weighted by atomic mass is 10.0. The summed E-state index contributed by atoms with van der Waals surface area (Å²) in [5.74, 6) is -0.492. The van der Waals surface area contributed by atoms with Crippen LogP contribution in [0.5, 0.6) is 11.5 Å². The molecule has 3 fully saturated rings. The van der Waals surface area contributed by atoms with Crippen molar-refractivity contribution in [3.8, 4) is 11.5 Å². The van der Waals surface area contributed by atoms with Crippen LogP contribution in [-0.2, 0) is 19.2 Å². The SMILES string of the molecule is O=C1C[C@@H](N(C(=O)[C@H]2CC(=O)N(c3ccc4c(c3)OCCO4)C2)C2CC2)C(=O)N1. The largest absolute Gasteiger partial charge is 0.486 e.